The molecule has 5 nitrogen and oxygen atoms in total. The third-order valence-electron chi connectivity index (χ3n) is 2.58. The summed E-state index contributed by atoms with van der Waals surface area (Å²) in [5.74, 6) is 6.40. The van der Waals surface area contributed by atoms with E-state index in [1.54, 1.807) is 6.07 Å². The minimum Gasteiger partial charge on any atom is -0.475 e. The van der Waals surface area contributed by atoms with Gasteiger partial charge in [0.2, 0.25) is 5.88 Å². The van der Waals surface area contributed by atoms with Crippen molar-refractivity contribution in [1.29, 1.82) is 0 Å². The number of unbranched alkanes of at least 4 members (excludes halogenated alkanes) is 3. The molecule has 1 atom stereocenters. The molecule has 96 valence electrons. The summed E-state index contributed by atoms with van der Waals surface area (Å²) in [4.78, 5) is 7.97. The van der Waals surface area contributed by atoms with Gasteiger partial charge in [0.05, 0.1) is 6.10 Å². The lowest BCUT2D eigenvalue weighted by Gasteiger charge is -2.13. The van der Waals surface area contributed by atoms with Crippen LogP contribution in [0.3, 0.4) is 0 Å². The van der Waals surface area contributed by atoms with Crippen LogP contribution < -0.4 is 16.0 Å². The second-order valence-electron chi connectivity index (χ2n) is 4.16. The maximum Gasteiger partial charge on any atom is 0.218 e. The predicted octanol–water partition coefficient (Wildman–Crippen LogP) is 2.50. The Bertz CT molecular complexity index is 319. The maximum absolute atomic E-state index is 5.69. The van der Waals surface area contributed by atoms with Crippen LogP contribution in [0.25, 0.3) is 0 Å². The summed E-state index contributed by atoms with van der Waals surface area (Å²) in [7, 11) is 0. The zero-order valence-corrected chi connectivity index (χ0v) is 10.6. The van der Waals surface area contributed by atoms with Crippen LogP contribution >= 0.6 is 0 Å². The Morgan fingerprint density at radius 3 is 2.88 bits per heavy atom. The fourth-order valence-corrected chi connectivity index (χ4v) is 1.61. The van der Waals surface area contributed by atoms with E-state index in [9.17, 15) is 0 Å². The molecular formula is C12H22N4O. The first kappa shape index (κ1) is 13.7. The summed E-state index contributed by atoms with van der Waals surface area (Å²) in [5, 5.41) is 0. The highest BCUT2D eigenvalue weighted by Crippen LogP contribution is 2.14. The van der Waals surface area contributed by atoms with E-state index >= 15 is 0 Å². The van der Waals surface area contributed by atoms with Gasteiger partial charge in [-0.25, -0.2) is 15.8 Å². The van der Waals surface area contributed by atoms with Crippen molar-refractivity contribution in [2.24, 2.45) is 5.84 Å². The van der Waals surface area contributed by atoms with Gasteiger partial charge in [0, 0.05) is 6.07 Å². The molecule has 5 heteroatoms. The topological polar surface area (TPSA) is 73.1 Å². The number of aromatic nitrogens is 2. The number of rotatable bonds is 8. The molecule has 0 radical (unpaired) electrons. The number of nitrogens with two attached hydrogens (primary N) is 1. The molecule has 17 heavy (non-hydrogen) atoms. The summed E-state index contributed by atoms with van der Waals surface area (Å²) in [5.41, 5.74) is 2.47. The quantitative estimate of drug-likeness (QED) is 0.413. The normalized spacial score (nSPS) is 12.2. The molecule has 0 bridgehead atoms. The van der Waals surface area contributed by atoms with Gasteiger partial charge >= 0.3 is 0 Å². The molecular weight excluding hydrogens is 216 g/mol. The zero-order valence-electron chi connectivity index (χ0n) is 10.6. The van der Waals surface area contributed by atoms with Gasteiger partial charge in [0.1, 0.15) is 12.1 Å². The Labute approximate surface area is 103 Å². The van der Waals surface area contributed by atoms with Crippen LogP contribution in [0.2, 0.25) is 0 Å². The highest BCUT2D eigenvalue weighted by atomic mass is 16.5. The molecule has 1 unspecified atom stereocenters. The first-order chi connectivity index (χ1) is 8.26. The second kappa shape index (κ2) is 7.84. The van der Waals surface area contributed by atoms with Crippen molar-refractivity contribution in [2.45, 2.75) is 52.1 Å². The van der Waals surface area contributed by atoms with Gasteiger partial charge in [-0.15, -0.1) is 0 Å². The molecule has 0 aliphatic rings. The fraction of sp³-hybridized carbons (Fsp3) is 0.667. The Balaban J connectivity index is 2.31. The third kappa shape index (κ3) is 5.49. The lowest BCUT2D eigenvalue weighted by Crippen LogP contribution is -2.14. The molecule has 0 fully saturated rings. The number of hydrogen-bond acceptors (Lipinski definition) is 5. The number of ether oxygens (including phenoxy) is 1. The monoisotopic (exact) mass is 238 g/mol. The van der Waals surface area contributed by atoms with Crippen LogP contribution in [-0.4, -0.2) is 16.1 Å². The Morgan fingerprint density at radius 2 is 2.18 bits per heavy atom. The van der Waals surface area contributed by atoms with Crippen LogP contribution in [0.15, 0.2) is 12.4 Å². The van der Waals surface area contributed by atoms with E-state index in [4.69, 9.17) is 10.6 Å². The van der Waals surface area contributed by atoms with Gasteiger partial charge in [0.25, 0.3) is 0 Å². The third-order valence-corrected chi connectivity index (χ3v) is 2.58. The van der Waals surface area contributed by atoms with Crippen molar-refractivity contribution in [3.8, 4) is 5.88 Å². The van der Waals surface area contributed by atoms with E-state index in [1.807, 2.05) is 0 Å². The molecule has 1 heterocycles. The zero-order chi connectivity index (χ0) is 12.5. The first-order valence-corrected chi connectivity index (χ1v) is 6.21. The number of hydrazine groups is 1. The Kier molecular flexibility index (Phi) is 6.32. The standard InChI is InChI=1S/C12H22N4O/c1-3-4-5-6-7-10(2)17-12-8-11(16-13)14-9-15-12/h8-10H,3-7,13H2,1-2H3,(H,14,15,16). The highest BCUT2D eigenvalue weighted by Gasteiger charge is 2.05. The van der Waals surface area contributed by atoms with Crippen molar-refractivity contribution in [1.82, 2.24) is 9.97 Å². The summed E-state index contributed by atoms with van der Waals surface area (Å²) >= 11 is 0. The van der Waals surface area contributed by atoms with Gasteiger partial charge in [-0.2, -0.15) is 0 Å². The summed E-state index contributed by atoms with van der Waals surface area (Å²) < 4.78 is 5.69. The van der Waals surface area contributed by atoms with E-state index in [-0.39, 0.29) is 6.10 Å². The number of nitrogen functional groups attached to an aromatic ring is 1. The number of anilines is 1. The SMILES string of the molecule is CCCCCCC(C)Oc1cc(NN)ncn1. The molecule has 0 aliphatic carbocycles. The molecule has 0 amide bonds. The fourth-order valence-electron chi connectivity index (χ4n) is 1.61. The Morgan fingerprint density at radius 1 is 1.35 bits per heavy atom. The first-order valence-electron chi connectivity index (χ1n) is 6.21. The van der Waals surface area contributed by atoms with Gasteiger partial charge in [-0.3, -0.25) is 0 Å². The van der Waals surface area contributed by atoms with Crippen LogP contribution in [-0.2, 0) is 0 Å². The van der Waals surface area contributed by atoms with Crippen LogP contribution in [0.1, 0.15) is 46.0 Å². The number of hydrogen-bond donors (Lipinski definition) is 2. The maximum atomic E-state index is 5.69. The van der Waals surface area contributed by atoms with Crippen molar-refractivity contribution < 1.29 is 4.74 Å². The van der Waals surface area contributed by atoms with Crippen molar-refractivity contribution in [3.05, 3.63) is 12.4 Å². The van der Waals surface area contributed by atoms with Gasteiger partial charge in [-0.1, -0.05) is 26.2 Å². The van der Waals surface area contributed by atoms with Gasteiger partial charge < -0.3 is 10.2 Å². The average molecular weight is 238 g/mol. The molecule has 3 N–H and O–H groups in total. The number of nitrogens with one attached hydrogen (secondary N) is 1. The summed E-state index contributed by atoms with van der Waals surface area (Å²) in [6, 6.07) is 1.70. The van der Waals surface area contributed by atoms with Crippen LogP contribution in [0, 0.1) is 0 Å². The van der Waals surface area contributed by atoms with Crippen molar-refractivity contribution in [2.75, 3.05) is 5.43 Å². The molecule has 1 rings (SSSR count). The molecule has 0 saturated carbocycles. The van der Waals surface area contributed by atoms with Crippen molar-refractivity contribution in [3.63, 3.8) is 0 Å². The van der Waals surface area contributed by atoms with E-state index in [2.05, 4.69) is 29.2 Å². The second-order valence-corrected chi connectivity index (χ2v) is 4.16. The number of nitrogens with zero attached hydrogens (tertiary/aromatic N) is 2. The lowest BCUT2D eigenvalue weighted by atomic mass is 10.1. The molecule has 0 spiro atoms. The molecule has 0 saturated heterocycles. The molecule has 1 aromatic heterocycles. The van der Waals surface area contributed by atoms with E-state index in [1.165, 1.54) is 32.0 Å². The largest absolute Gasteiger partial charge is 0.475 e. The van der Waals surface area contributed by atoms with E-state index in [0.29, 0.717) is 11.7 Å². The van der Waals surface area contributed by atoms with E-state index in [0.717, 1.165) is 6.42 Å². The van der Waals surface area contributed by atoms with E-state index < -0.39 is 0 Å². The average Bonchev–Trinajstić information content (AvgIpc) is 2.35. The van der Waals surface area contributed by atoms with Crippen LogP contribution in [0.5, 0.6) is 5.88 Å². The predicted molar refractivity (Wildman–Crippen MR) is 68.7 cm³/mol. The molecule has 0 aliphatic heterocycles. The molecule has 1 aromatic rings. The Hall–Kier alpha value is -1.36. The summed E-state index contributed by atoms with van der Waals surface area (Å²) in [6.07, 6.45) is 7.68. The van der Waals surface area contributed by atoms with Crippen molar-refractivity contribution >= 4 is 5.82 Å². The van der Waals surface area contributed by atoms with Gasteiger partial charge in [-0.05, 0) is 19.8 Å². The van der Waals surface area contributed by atoms with Gasteiger partial charge in [0.15, 0.2) is 0 Å². The van der Waals surface area contributed by atoms with Crippen LogP contribution in [0.4, 0.5) is 5.82 Å². The smallest absolute Gasteiger partial charge is 0.218 e. The summed E-state index contributed by atoms with van der Waals surface area (Å²) in [6.45, 7) is 4.27. The molecule has 0 aromatic carbocycles. The lowest BCUT2D eigenvalue weighted by molar-refractivity contribution is 0.198. The highest BCUT2D eigenvalue weighted by molar-refractivity contribution is 5.35. The minimum absolute atomic E-state index is 0.174. The minimum atomic E-state index is 0.174.